The van der Waals surface area contributed by atoms with E-state index in [0.29, 0.717) is 33.3 Å². The topological polar surface area (TPSA) is 80.3 Å². The molecule has 142 valence electrons. The Morgan fingerprint density at radius 1 is 1.00 bits per heavy atom. The van der Waals surface area contributed by atoms with Gasteiger partial charge in [0.1, 0.15) is 5.75 Å². The third-order valence-electron chi connectivity index (χ3n) is 3.97. The zero-order valence-electron chi connectivity index (χ0n) is 15.3. The van der Waals surface area contributed by atoms with Crippen molar-refractivity contribution in [3.8, 4) is 5.75 Å². The summed E-state index contributed by atoms with van der Waals surface area (Å²) in [4.78, 5) is 28.3. The maximum Gasteiger partial charge on any atom is 0.257 e. The Hall–Kier alpha value is -3.38. The van der Waals surface area contributed by atoms with Crippen molar-refractivity contribution in [1.29, 1.82) is 0 Å². The van der Waals surface area contributed by atoms with Crippen molar-refractivity contribution in [2.24, 2.45) is 0 Å². The molecule has 0 unspecified atom stereocenters. The van der Waals surface area contributed by atoms with E-state index < -0.39 is 0 Å². The molecule has 2 aromatic carbocycles. The van der Waals surface area contributed by atoms with Gasteiger partial charge in [-0.25, -0.2) is 0 Å². The summed E-state index contributed by atoms with van der Waals surface area (Å²) < 4.78 is 5.24. The van der Waals surface area contributed by atoms with E-state index in [2.05, 4.69) is 15.6 Å². The molecule has 0 fully saturated rings. The van der Waals surface area contributed by atoms with Gasteiger partial charge in [0, 0.05) is 22.5 Å². The van der Waals surface area contributed by atoms with E-state index >= 15 is 0 Å². The number of carbonyl (C=O) groups is 2. The molecule has 1 amide bonds. The van der Waals surface area contributed by atoms with Crippen LogP contribution in [0.25, 0.3) is 0 Å². The number of carbonyl (C=O) groups excluding carboxylic acids is 2. The number of nitrogens with one attached hydrogen (secondary N) is 2. The van der Waals surface area contributed by atoms with Crippen molar-refractivity contribution >= 4 is 40.4 Å². The molecular weight excluding hydrogens is 378 g/mol. The molecule has 0 aliphatic heterocycles. The summed E-state index contributed by atoms with van der Waals surface area (Å²) in [5.41, 5.74) is 2.76. The number of anilines is 3. The summed E-state index contributed by atoms with van der Waals surface area (Å²) in [6.07, 6.45) is 3.06. The fourth-order valence-electron chi connectivity index (χ4n) is 2.59. The number of methoxy groups -OCH3 is 1. The second-order valence-electron chi connectivity index (χ2n) is 6.02. The van der Waals surface area contributed by atoms with Gasteiger partial charge in [-0.05, 0) is 43.3 Å². The zero-order valence-corrected chi connectivity index (χ0v) is 16.1. The van der Waals surface area contributed by atoms with Crippen LogP contribution in [0.15, 0.2) is 60.9 Å². The molecule has 0 radical (unpaired) electrons. The van der Waals surface area contributed by atoms with Gasteiger partial charge in [0.25, 0.3) is 5.91 Å². The van der Waals surface area contributed by atoms with Crippen molar-refractivity contribution in [3.63, 3.8) is 0 Å². The number of pyridine rings is 1. The van der Waals surface area contributed by atoms with Crippen molar-refractivity contribution in [3.05, 3.63) is 77.1 Å². The van der Waals surface area contributed by atoms with Gasteiger partial charge in [-0.1, -0.05) is 23.7 Å². The van der Waals surface area contributed by atoms with Gasteiger partial charge >= 0.3 is 0 Å². The quantitative estimate of drug-likeness (QED) is 0.577. The number of hydrogen-bond donors (Lipinski definition) is 2. The van der Waals surface area contributed by atoms with Crippen LogP contribution in [0.3, 0.4) is 0 Å². The van der Waals surface area contributed by atoms with Crippen LogP contribution < -0.4 is 15.4 Å². The van der Waals surface area contributed by atoms with Crippen LogP contribution in [0.1, 0.15) is 27.6 Å². The highest BCUT2D eigenvalue weighted by atomic mass is 35.5. The lowest BCUT2D eigenvalue weighted by Crippen LogP contribution is -2.13. The fraction of sp³-hybridized carbons (Fsp3) is 0.0952. The molecule has 1 heterocycles. The van der Waals surface area contributed by atoms with E-state index in [-0.39, 0.29) is 11.7 Å². The summed E-state index contributed by atoms with van der Waals surface area (Å²) in [5, 5.41) is 6.40. The summed E-state index contributed by atoms with van der Waals surface area (Å²) in [6.45, 7) is 1.51. The van der Waals surface area contributed by atoms with Gasteiger partial charge < -0.3 is 15.4 Å². The standard InChI is InChI=1S/C21H18ClN3O3/c1-13(26)14-4-3-5-17(8-14)24-18-9-15(11-23-12-18)21(27)25-19-10-16(22)6-7-20(19)28-2/h3-12,24H,1-2H3,(H,25,27). The minimum Gasteiger partial charge on any atom is -0.495 e. The van der Waals surface area contributed by atoms with Crippen molar-refractivity contribution in [2.75, 3.05) is 17.7 Å². The molecule has 0 atom stereocenters. The number of ether oxygens (including phenoxy) is 1. The molecule has 0 aliphatic carbocycles. The Balaban J connectivity index is 1.79. The average Bonchev–Trinajstić information content (AvgIpc) is 2.68. The third kappa shape index (κ3) is 4.66. The molecule has 0 spiro atoms. The van der Waals surface area contributed by atoms with E-state index in [9.17, 15) is 9.59 Å². The van der Waals surface area contributed by atoms with Crippen molar-refractivity contribution in [2.45, 2.75) is 6.92 Å². The number of nitrogens with zero attached hydrogens (tertiary/aromatic N) is 1. The number of Topliss-reactive ketones (excluding diaryl/α,β-unsaturated/α-hetero) is 1. The van der Waals surface area contributed by atoms with Crippen molar-refractivity contribution in [1.82, 2.24) is 4.98 Å². The first kappa shape index (κ1) is 19.4. The molecule has 6 nitrogen and oxygen atoms in total. The number of hydrogen-bond acceptors (Lipinski definition) is 5. The van der Waals surface area contributed by atoms with Gasteiger partial charge in [-0.15, -0.1) is 0 Å². The maximum absolute atomic E-state index is 12.6. The van der Waals surface area contributed by atoms with E-state index in [0.717, 1.165) is 5.69 Å². The van der Waals surface area contributed by atoms with Gasteiger partial charge in [-0.2, -0.15) is 0 Å². The van der Waals surface area contributed by atoms with E-state index in [1.165, 1.54) is 20.2 Å². The Morgan fingerprint density at radius 2 is 1.79 bits per heavy atom. The van der Waals surface area contributed by atoms with E-state index in [4.69, 9.17) is 16.3 Å². The highest BCUT2D eigenvalue weighted by Gasteiger charge is 2.12. The van der Waals surface area contributed by atoms with Crippen LogP contribution in [-0.2, 0) is 0 Å². The number of aromatic nitrogens is 1. The monoisotopic (exact) mass is 395 g/mol. The molecule has 3 rings (SSSR count). The summed E-state index contributed by atoms with van der Waals surface area (Å²) in [5.74, 6) is 0.126. The van der Waals surface area contributed by atoms with Crippen LogP contribution >= 0.6 is 11.6 Å². The van der Waals surface area contributed by atoms with Crippen LogP contribution in [0.2, 0.25) is 5.02 Å². The molecule has 0 saturated heterocycles. The lowest BCUT2D eigenvalue weighted by Gasteiger charge is -2.12. The van der Waals surface area contributed by atoms with Crippen LogP contribution in [0, 0.1) is 0 Å². The largest absolute Gasteiger partial charge is 0.495 e. The summed E-state index contributed by atoms with van der Waals surface area (Å²) in [6, 6.07) is 13.7. The number of amides is 1. The smallest absolute Gasteiger partial charge is 0.257 e. The van der Waals surface area contributed by atoms with Gasteiger partial charge in [0.05, 0.1) is 30.2 Å². The first-order valence-corrected chi connectivity index (χ1v) is 8.82. The number of rotatable bonds is 6. The normalized spacial score (nSPS) is 10.2. The lowest BCUT2D eigenvalue weighted by atomic mass is 10.1. The molecule has 28 heavy (non-hydrogen) atoms. The molecule has 7 heteroatoms. The maximum atomic E-state index is 12.6. The van der Waals surface area contributed by atoms with E-state index in [1.807, 2.05) is 6.07 Å². The minimum absolute atomic E-state index is 0.0228. The Labute approximate surface area is 167 Å². The Bertz CT molecular complexity index is 1040. The first-order valence-electron chi connectivity index (χ1n) is 8.44. The predicted molar refractivity (Wildman–Crippen MR) is 110 cm³/mol. The third-order valence-corrected chi connectivity index (χ3v) is 4.20. The Kier molecular flexibility index (Phi) is 5.91. The summed E-state index contributed by atoms with van der Waals surface area (Å²) >= 11 is 6.00. The second kappa shape index (κ2) is 8.54. The fourth-order valence-corrected chi connectivity index (χ4v) is 2.76. The molecule has 0 saturated carbocycles. The van der Waals surface area contributed by atoms with Crippen LogP contribution in [0.5, 0.6) is 5.75 Å². The van der Waals surface area contributed by atoms with Crippen LogP contribution in [0.4, 0.5) is 17.1 Å². The molecular formula is C21H18ClN3O3. The first-order chi connectivity index (χ1) is 13.5. The molecule has 0 aliphatic rings. The number of ketones is 1. The summed E-state index contributed by atoms with van der Waals surface area (Å²) in [7, 11) is 1.51. The zero-order chi connectivity index (χ0) is 20.1. The SMILES string of the molecule is COc1ccc(Cl)cc1NC(=O)c1cncc(Nc2cccc(C(C)=O)c2)c1. The van der Waals surface area contributed by atoms with E-state index in [1.54, 1.807) is 48.7 Å². The number of benzene rings is 2. The highest BCUT2D eigenvalue weighted by molar-refractivity contribution is 6.31. The number of halogens is 1. The molecule has 3 aromatic rings. The molecule has 2 N–H and O–H groups in total. The predicted octanol–water partition coefficient (Wildman–Crippen LogP) is 4.94. The Morgan fingerprint density at radius 3 is 2.54 bits per heavy atom. The van der Waals surface area contributed by atoms with Crippen LogP contribution in [-0.4, -0.2) is 23.8 Å². The average molecular weight is 396 g/mol. The molecule has 0 bridgehead atoms. The minimum atomic E-state index is -0.353. The second-order valence-corrected chi connectivity index (χ2v) is 6.46. The van der Waals surface area contributed by atoms with Gasteiger partial charge in [-0.3, -0.25) is 14.6 Å². The van der Waals surface area contributed by atoms with Gasteiger partial charge in [0.2, 0.25) is 0 Å². The lowest BCUT2D eigenvalue weighted by molar-refractivity contribution is 0.101. The van der Waals surface area contributed by atoms with Gasteiger partial charge in [0.15, 0.2) is 5.78 Å². The molecule has 1 aromatic heterocycles. The van der Waals surface area contributed by atoms with Crippen molar-refractivity contribution < 1.29 is 14.3 Å². The highest BCUT2D eigenvalue weighted by Crippen LogP contribution is 2.28.